The number of hydrogen-bond donors (Lipinski definition) is 17. The van der Waals surface area contributed by atoms with Gasteiger partial charge in [0, 0.05) is 13.8 Å². The Bertz CT molecular complexity index is 1440. The zero-order chi connectivity index (χ0) is 45.9. The van der Waals surface area contributed by atoms with Gasteiger partial charge in [0.2, 0.25) is 11.8 Å². The van der Waals surface area contributed by atoms with Gasteiger partial charge in [-0.15, -0.1) is 0 Å². The van der Waals surface area contributed by atoms with Crippen LogP contribution in [0.2, 0.25) is 0 Å². The van der Waals surface area contributed by atoms with E-state index in [-0.39, 0.29) is 0 Å². The highest BCUT2D eigenvalue weighted by Crippen LogP contribution is 2.35. The van der Waals surface area contributed by atoms with Gasteiger partial charge in [-0.3, -0.25) is 9.59 Å². The first-order valence-corrected chi connectivity index (χ1v) is 19.6. The molecule has 0 unspecified atom stereocenters. The predicted octanol–water partition coefficient (Wildman–Crippen LogP) is -11.6. The molecule has 28 heteroatoms. The molecule has 0 radical (unpaired) electrons. The zero-order valence-corrected chi connectivity index (χ0v) is 33.2. The molecule has 360 valence electrons. The Labute approximate surface area is 351 Å². The van der Waals surface area contributed by atoms with E-state index in [2.05, 4.69) is 10.6 Å². The van der Waals surface area contributed by atoms with Crippen molar-refractivity contribution in [3.8, 4) is 0 Å². The summed E-state index contributed by atoms with van der Waals surface area (Å²) in [5.74, 6) is -1.46. The minimum absolute atomic E-state index is 0.683. The van der Waals surface area contributed by atoms with Gasteiger partial charge in [-0.2, -0.15) is 0 Å². The number of hydrogen-bond acceptors (Lipinski definition) is 26. The summed E-state index contributed by atoms with van der Waals surface area (Å²) in [4.78, 5) is 24.1. The average Bonchev–Trinajstić information content (AvgIpc) is 3.23. The number of carbonyl (C=O) groups is 2. The number of amides is 2. The van der Waals surface area contributed by atoms with Gasteiger partial charge in [-0.1, -0.05) is 0 Å². The van der Waals surface area contributed by atoms with Crippen molar-refractivity contribution in [1.82, 2.24) is 10.6 Å². The maximum absolute atomic E-state index is 12.4. The number of rotatable bonds is 15. The SMILES string of the molecule is CC(=O)N[C@@H]1[C@@H](O)[C@H](O[C@H]2O[C@H](CO)[C@@H](O[C@H]3O[C@H](CO)[C@@H](O)[C@H](O[C@@H]4O[C@H](CO)[C@@H](O[C@H]5O[C@H](CO)[C@@H](O)[C@H](O)[C@@H]5O)[C@H](O)[C@@H]4O)[C@@H]3O)[C@H](O)[C@H]2NC(C)=O)[C@@H](CO)O[C@H]1O. The molecule has 0 saturated carbocycles. The molecular formula is C34H58N2O26. The van der Waals surface area contributed by atoms with E-state index in [1.54, 1.807) is 0 Å². The number of carbonyl (C=O) groups excluding carboxylic acids is 2. The van der Waals surface area contributed by atoms with Crippen LogP contribution >= 0.6 is 0 Å². The summed E-state index contributed by atoms with van der Waals surface area (Å²) < 4.78 is 50.6. The monoisotopic (exact) mass is 910 g/mol. The third-order valence-electron chi connectivity index (χ3n) is 11.1. The molecule has 5 rings (SSSR count). The second-order valence-electron chi connectivity index (χ2n) is 15.4. The van der Waals surface area contributed by atoms with Crippen molar-refractivity contribution in [2.24, 2.45) is 0 Å². The largest absolute Gasteiger partial charge is 0.394 e. The second-order valence-corrected chi connectivity index (χ2v) is 15.4. The summed E-state index contributed by atoms with van der Waals surface area (Å²) in [5, 5.41) is 163. The fraction of sp³-hybridized carbons (Fsp3) is 0.941. The average molecular weight is 911 g/mol. The molecule has 0 aromatic rings. The van der Waals surface area contributed by atoms with Crippen molar-refractivity contribution < 1.29 is 129 Å². The van der Waals surface area contributed by atoms with Crippen molar-refractivity contribution in [2.45, 2.75) is 167 Å². The van der Waals surface area contributed by atoms with E-state index in [1.165, 1.54) is 0 Å². The molecule has 0 spiro atoms. The lowest BCUT2D eigenvalue weighted by Crippen LogP contribution is -2.70. The van der Waals surface area contributed by atoms with E-state index < -0.39 is 198 Å². The Morgan fingerprint density at radius 3 is 1.24 bits per heavy atom. The van der Waals surface area contributed by atoms with Crippen molar-refractivity contribution in [1.29, 1.82) is 0 Å². The van der Waals surface area contributed by atoms with Crippen LogP contribution in [0.3, 0.4) is 0 Å². The Kier molecular flexibility index (Phi) is 18.1. The predicted molar refractivity (Wildman–Crippen MR) is 190 cm³/mol. The number of nitrogens with one attached hydrogen (secondary N) is 2. The summed E-state index contributed by atoms with van der Waals surface area (Å²) in [7, 11) is 0. The molecule has 25 atom stereocenters. The molecule has 5 aliphatic heterocycles. The van der Waals surface area contributed by atoms with E-state index in [4.69, 9.17) is 42.6 Å². The minimum Gasteiger partial charge on any atom is -0.394 e. The smallest absolute Gasteiger partial charge is 0.217 e. The zero-order valence-electron chi connectivity index (χ0n) is 33.2. The summed E-state index contributed by atoms with van der Waals surface area (Å²) in [6.45, 7) is -2.46. The van der Waals surface area contributed by atoms with E-state index >= 15 is 0 Å². The number of aliphatic hydroxyl groups excluding tert-OH is 15. The van der Waals surface area contributed by atoms with Crippen molar-refractivity contribution in [2.75, 3.05) is 33.0 Å². The molecule has 0 aliphatic carbocycles. The van der Waals surface area contributed by atoms with Crippen LogP contribution in [0.15, 0.2) is 0 Å². The van der Waals surface area contributed by atoms with Crippen LogP contribution in [0.5, 0.6) is 0 Å². The minimum atomic E-state index is -2.15. The molecule has 17 N–H and O–H groups in total. The molecule has 5 fully saturated rings. The number of ether oxygens (including phenoxy) is 9. The molecule has 28 nitrogen and oxygen atoms in total. The Morgan fingerprint density at radius 2 is 0.742 bits per heavy atom. The first kappa shape index (κ1) is 51.0. The van der Waals surface area contributed by atoms with Gasteiger partial charge in [-0.25, -0.2) is 0 Å². The van der Waals surface area contributed by atoms with Gasteiger partial charge in [0.25, 0.3) is 0 Å². The highest BCUT2D eigenvalue weighted by Gasteiger charge is 2.57. The maximum Gasteiger partial charge on any atom is 0.217 e. The molecule has 0 aromatic carbocycles. The molecule has 0 bridgehead atoms. The van der Waals surface area contributed by atoms with Crippen LogP contribution in [-0.2, 0) is 52.2 Å². The first-order valence-electron chi connectivity index (χ1n) is 19.6. The van der Waals surface area contributed by atoms with E-state index in [0.29, 0.717) is 0 Å². The van der Waals surface area contributed by atoms with Crippen LogP contribution in [0, 0.1) is 0 Å². The third kappa shape index (κ3) is 10.8. The Balaban J connectivity index is 1.32. The molecule has 5 heterocycles. The Hall–Kier alpha value is -2.02. The lowest BCUT2D eigenvalue weighted by atomic mass is 9.94. The van der Waals surface area contributed by atoms with Gasteiger partial charge in [0.1, 0.15) is 122 Å². The fourth-order valence-corrected chi connectivity index (χ4v) is 7.84. The highest BCUT2D eigenvalue weighted by atomic mass is 16.8. The van der Waals surface area contributed by atoms with Gasteiger partial charge in [-0.05, 0) is 0 Å². The lowest BCUT2D eigenvalue weighted by Gasteiger charge is -2.50. The van der Waals surface area contributed by atoms with Crippen molar-refractivity contribution >= 4 is 11.8 Å². The number of aliphatic hydroxyl groups is 15. The first-order chi connectivity index (χ1) is 29.3. The second kappa shape index (κ2) is 22.0. The Morgan fingerprint density at radius 1 is 0.387 bits per heavy atom. The van der Waals surface area contributed by atoms with Gasteiger partial charge in [0.15, 0.2) is 31.5 Å². The van der Waals surface area contributed by atoms with Crippen LogP contribution in [0.25, 0.3) is 0 Å². The molecule has 2 amide bonds. The van der Waals surface area contributed by atoms with Gasteiger partial charge >= 0.3 is 0 Å². The molecule has 62 heavy (non-hydrogen) atoms. The summed E-state index contributed by atoms with van der Waals surface area (Å²) in [6.07, 6.45) is -42.0. The van der Waals surface area contributed by atoms with E-state index in [9.17, 15) is 86.2 Å². The quantitative estimate of drug-likeness (QED) is 0.0725. The van der Waals surface area contributed by atoms with Gasteiger partial charge in [0.05, 0.1) is 33.0 Å². The summed E-state index contributed by atoms with van der Waals surface area (Å²) in [6, 6.07) is -3.14. The van der Waals surface area contributed by atoms with Crippen molar-refractivity contribution in [3.05, 3.63) is 0 Å². The summed E-state index contributed by atoms with van der Waals surface area (Å²) in [5.41, 5.74) is 0. The third-order valence-corrected chi connectivity index (χ3v) is 11.1. The van der Waals surface area contributed by atoms with E-state index in [0.717, 1.165) is 13.8 Å². The fourth-order valence-electron chi connectivity index (χ4n) is 7.84. The lowest BCUT2D eigenvalue weighted by molar-refractivity contribution is -0.388. The van der Waals surface area contributed by atoms with Crippen LogP contribution < -0.4 is 10.6 Å². The molecule has 5 saturated heterocycles. The van der Waals surface area contributed by atoms with Crippen LogP contribution in [0.1, 0.15) is 13.8 Å². The van der Waals surface area contributed by atoms with Crippen LogP contribution in [0.4, 0.5) is 0 Å². The van der Waals surface area contributed by atoms with Gasteiger partial charge < -0.3 is 130 Å². The molecule has 5 aliphatic rings. The standard InChI is InChI=1S/C34H58N2O26/c1-8(42)35-15-19(46)26(12(5-39)54-30(15)53)59-31-16(36-9(2)43)20(47)27(13(6-40)57-31)60-34-25(52)29(18(45)11(4-38)56-34)62-33-24(51)22(49)28(14(7-41)58-33)61-32-23(50)21(48)17(44)10(3-37)55-32/h10-34,37-41,44-53H,3-7H2,1-2H3,(H,35,42)(H,36,43)/t10-,11-,12-,13-,14-,15-,16-,17-,18-,19-,20-,21+,22-,23+,24+,25+,26-,27-,28-,29+,30-,31-,32-,33+,34-/m1/s1. The topological polar surface area (TPSA) is 445 Å². The van der Waals surface area contributed by atoms with E-state index in [1.807, 2.05) is 0 Å². The molecular weight excluding hydrogens is 852 g/mol. The summed E-state index contributed by atoms with van der Waals surface area (Å²) >= 11 is 0. The normalized spacial score (nSPS) is 49.0. The molecule has 0 aromatic heterocycles. The highest BCUT2D eigenvalue weighted by molar-refractivity contribution is 5.73. The van der Waals surface area contributed by atoms with Crippen LogP contribution in [-0.4, -0.2) is 275 Å². The van der Waals surface area contributed by atoms with Crippen molar-refractivity contribution in [3.63, 3.8) is 0 Å². The maximum atomic E-state index is 12.4.